The van der Waals surface area contributed by atoms with Crippen LogP contribution in [0.2, 0.25) is 0 Å². The molecule has 17 heteroatoms. The summed E-state index contributed by atoms with van der Waals surface area (Å²) in [6.07, 6.45) is -11.6. The number of carbonyl (C=O) groups is 6. The zero-order chi connectivity index (χ0) is 48.0. The Morgan fingerprint density at radius 3 is 2.11 bits per heavy atom. The number of ether oxygens (including phenoxy) is 6. The molecule has 5 N–H and O–H groups in total. The van der Waals surface area contributed by atoms with E-state index in [1.54, 1.807) is 97.0 Å². The average molecular weight is 907 g/mol. The lowest BCUT2D eigenvalue weighted by atomic mass is 9.44. The molecular formula is C48H62N2O15. The minimum absolute atomic E-state index is 0.0649. The zero-order valence-corrected chi connectivity index (χ0v) is 38.5. The summed E-state index contributed by atoms with van der Waals surface area (Å²) in [4.78, 5) is 84.2. The van der Waals surface area contributed by atoms with E-state index in [1.165, 1.54) is 26.0 Å². The van der Waals surface area contributed by atoms with Gasteiger partial charge in [-0.3, -0.25) is 14.4 Å². The van der Waals surface area contributed by atoms with Crippen LogP contribution < -0.4 is 10.6 Å². The Labute approximate surface area is 378 Å². The molecule has 3 fully saturated rings. The van der Waals surface area contributed by atoms with Gasteiger partial charge in [0.15, 0.2) is 11.4 Å². The van der Waals surface area contributed by atoms with Crippen LogP contribution in [-0.2, 0) is 47.6 Å². The van der Waals surface area contributed by atoms with Crippen LogP contribution in [0.3, 0.4) is 0 Å². The van der Waals surface area contributed by atoms with Gasteiger partial charge in [0, 0.05) is 31.2 Å². The molecule has 0 spiro atoms. The van der Waals surface area contributed by atoms with Gasteiger partial charge in [-0.05, 0) is 63.5 Å². The number of fused-ring (bicyclic) bond motifs is 5. The lowest BCUT2D eigenvalue weighted by Gasteiger charge is -2.67. The maximum Gasteiger partial charge on any atom is 0.408 e. The number of rotatable bonds is 12. The Balaban J connectivity index is 1.52. The summed E-state index contributed by atoms with van der Waals surface area (Å²) < 4.78 is 35.9. The molecule has 1 saturated heterocycles. The SMILES string of the molecule is CC(=O)O[C@@]12CO[C@@H]1C[C@H](O)[C@@]1(C)C(=O)[C@H](O)C3=C(C)[C@@H](OC(=O)[C@H](OC(=O)CNC(C)C)[C@@H](NC(=O)OC(C)(C)C)c4ccccc4)C[C@@](O)([C@@H](OC(=O)c4ccccc4)[C@H]21)C3(C)C. The van der Waals surface area contributed by atoms with Gasteiger partial charge in [-0.15, -0.1) is 0 Å². The molecule has 0 radical (unpaired) electrons. The van der Waals surface area contributed by atoms with Gasteiger partial charge in [-0.1, -0.05) is 76.2 Å². The molecule has 2 aromatic rings. The van der Waals surface area contributed by atoms with Gasteiger partial charge >= 0.3 is 30.0 Å². The third-order valence-electron chi connectivity index (χ3n) is 13.5. The van der Waals surface area contributed by atoms with Crippen molar-refractivity contribution in [2.75, 3.05) is 13.2 Å². The summed E-state index contributed by atoms with van der Waals surface area (Å²) in [6, 6.07) is 14.5. The summed E-state index contributed by atoms with van der Waals surface area (Å²) in [5.74, 6) is -6.29. The second-order valence-electron chi connectivity index (χ2n) is 19.6. The number of aliphatic hydroxyl groups excluding tert-OH is 2. The molecule has 17 nitrogen and oxygen atoms in total. The number of hydrogen-bond acceptors (Lipinski definition) is 16. The highest BCUT2D eigenvalue weighted by atomic mass is 16.6. The van der Waals surface area contributed by atoms with E-state index in [0.717, 1.165) is 6.92 Å². The monoisotopic (exact) mass is 906 g/mol. The van der Waals surface area contributed by atoms with E-state index in [0.29, 0.717) is 5.56 Å². The molecule has 354 valence electrons. The van der Waals surface area contributed by atoms with E-state index < -0.39 is 118 Å². The zero-order valence-electron chi connectivity index (χ0n) is 38.5. The number of Topliss-reactive ketones (excluding diaryl/α,β-unsaturated/α-hetero) is 1. The van der Waals surface area contributed by atoms with Crippen LogP contribution in [0.15, 0.2) is 71.8 Å². The number of hydrogen-bond donors (Lipinski definition) is 5. The van der Waals surface area contributed by atoms with Crippen molar-refractivity contribution in [2.45, 2.75) is 148 Å². The quantitative estimate of drug-likeness (QED) is 0.116. The number of alkyl carbamates (subject to hydrolysis) is 1. The van der Waals surface area contributed by atoms with Gasteiger partial charge in [0.2, 0.25) is 6.10 Å². The summed E-state index contributed by atoms with van der Waals surface area (Å²) in [6.45, 7) is 15.0. The highest BCUT2D eigenvalue weighted by Gasteiger charge is 2.78. The van der Waals surface area contributed by atoms with Crippen LogP contribution in [-0.4, -0.2) is 124 Å². The molecule has 1 heterocycles. The maximum absolute atomic E-state index is 15.2. The predicted molar refractivity (Wildman–Crippen MR) is 231 cm³/mol. The van der Waals surface area contributed by atoms with E-state index >= 15 is 4.79 Å². The summed E-state index contributed by atoms with van der Waals surface area (Å²) in [5, 5.41) is 43.6. The fraction of sp³-hybridized carbons (Fsp3) is 0.583. The van der Waals surface area contributed by atoms with Gasteiger partial charge < -0.3 is 54.4 Å². The van der Waals surface area contributed by atoms with Crippen LogP contribution in [0.5, 0.6) is 0 Å². The van der Waals surface area contributed by atoms with E-state index in [9.17, 15) is 39.3 Å². The molecule has 3 aliphatic carbocycles. The number of amides is 1. The van der Waals surface area contributed by atoms with Gasteiger partial charge in [0.1, 0.15) is 41.7 Å². The third-order valence-corrected chi connectivity index (χ3v) is 13.5. The van der Waals surface area contributed by atoms with Crippen LogP contribution in [0, 0.1) is 16.7 Å². The fourth-order valence-corrected chi connectivity index (χ4v) is 10.1. The average Bonchev–Trinajstić information content (AvgIpc) is 3.22. The first-order valence-electron chi connectivity index (χ1n) is 21.9. The standard InChI is InChI=1S/C48H62N2O15/c1-25(2)49-23-33(53)62-37(35(28-17-13-11-14-18-28)50-43(58)65-44(5,6)7)42(57)61-30-22-48(59)40(63-41(56)29-19-15-12-16-20-29)38-46(10,39(55)36(54)34(26(30)3)45(48,8)9)31(52)21-32-47(38,24-60-32)64-27(4)51/h11-20,25,30-32,35-38,40,49,52,54,59H,21-24H2,1-10H3,(H,50,58)/t30-,31-,32+,35-,36+,37+,38-,40-,46+,47-,48+/m0/s1. The summed E-state index contributed by atoms with van der Waals surface area (Å²) in [7, 11) is 0. The minimum Gasteiger partial charge on any atom is -0.455 e. The minimum atomic E-state index is -2.41. The smallest absolute Gasteiger partial charge is 0.408 e. The summed E-state index contributed by atoms with van der Waals surface area (Å²) in [5.41, 5.74) is -8.43. The number of ketones is 1. The topological polar surface area (TPSA) is 243 Å². The lowest BCUT2D eigenvalue weighted by molar-refractivity contribution is -0.346. The van der Waals surface area contributed by atoms with Crippen molar-refractivity contribution in [1.82, 2.24) is 10.6 Å². The van der Waals surface area contributed by atoms with Crippen molar-refractivity contribution in [1.29, 1.82) is 0 Å². The van der Waals surface area contributed by atoms with E-state index in [2.05, 4.69) is 10.6 Å². The second kappa shape index (κ2) is 18.2. The molecule has 1 aliphatic heterocycles. The van der Waals surface area contributed by atoms with Crippen LogP contribution in [0.4, 0.5) is 4.79 Å². The Morgan fingerprint density at radius 2 is 1.55 bits per heavy atom. The van der Waals surface area contributed by atoms with Crippen LogP contribution in [0.1, 0.15) is 104 Å². The molecule has 1 amide bonds. The van der Waals surface area contributed by atoms with Crippen molar-refractivity contribution in [3.05, 3.63) is 82.9 Å². The van der Waals surface area contributed by atoms with Crippen molar-refractivity contribution < 1.29 is 72.5 Å². The molecule has 2 bridgehead atoms. The molecule has 0 unspecified atom stereocenters. The van der Waals surface area contributed by atoms with Crippen LogP contribution in [0.25, 0.3) is 0 Å². The number of aliphatic hydroxyl groups is 3. The van der Waals surface area contributed by atoms with Crippen molar-refractivity contribution in [2.24, 2.45) is 16.7 Å². The van der Waals surface area contributed by atoms with Crippen molar-refractivity contribution in [3.8, 4) is 0 Å². The fourth-order valence-electron chi connectivity index (χ4n) is 10.1. The van der Waals surface area contributed by atoms with Gasteiger partial charge in [0.25, 0.3) is 0 Å². The second-order valence-corrected chi connectivity index (χ2v) is 19.6. The molecule has 0 aromatic heterocycles. The molecular weight excluding hydrogens is 845 g/mol. The third kappa shape index (κ3) is 9.17. The highest BCUT2D eigenvalue weighted by Crippen LogP contribution is 2.64. The van der Waals surface area contributed by atoms with E-state index in [-0.39, 0.29) is 42.3 Å². The molecule has 65 heavy (non-hydrogen) atoms. The first kappa shape index (κ1) is 49.2. The molecule has 6 rings (SSSR count). The maximum atomic E-state index is 15.2. The van der Waals surface area contributed by atoms with Crippen LogP contribution >= 0.6 is 0 Å². The summed E-state index contributed by atoms with van der Waals surface area (Å²) >= 11 is 0. The molecule has 2 aromatic carbocycles. The largest absolute Gasteiger partial charge is 0.455 e. The molecule has 11 atom stereocenters. The number of carbonyl (C=O) groups excluding carboxylic acids is 6. The van der Waals surface area contributed by atoms with Crippen molar-refractivity contribution in [3.63, 3.8) is 0 Å². The first-order valence-corrected chi connectivity index (χ1v) is 21.9. The number of esters is 4. The predicted octanol–water partition coefficient (Wildman–Crippen LogP) is 3.81. The highest BCUT2D eigenvalue weighted by molar-refractivity contribution is 5.94. The molecule has 4 aliphatic rings. The number of nitrogens with one attached hydrogen (secondary N) is 2. The van der Waals surface area contributed by atoms with Gasteiger partial charge in [-0.2, -0.15) is 0 Å². The first-order chi connectivity index (χ1) is 30.3. The Kier molecular flexibility index (Phi) is 13.8. The van der Waals surface area contributed by atoms with Gasteiger partial charge in [-0.25, -0.2) is 14.4 Å². The Hall–Kier alpha value is -5.20. The Bertz CT molecular complexity index is 2190. The molecule has 2 saturated carbocycles. The Morgan fingerprint density at radius 1 is 0.938 bits per heavy atom. The lowest BCUT2D eigenvalue weighted by Crippen LogP contribution is -2.81. The number of benzene rings is 2. The van der Waals surface area contributed by atoms with E-state index in [4.69, 9.17) is 28.4 Å². The van der Waals surface area contributed by atoms with Crippen molar-refractivity contribution >= 4 is 35.8 Å². The normalized spacial score (nSPS) is 31.3. The van der Waals surface area contributed by atoms with Gasteiger partial charge in [0.05, 0.1) is 36.2 Å². The van der Waals surface area contributed by atoms with E-state index in [1.807, 2.05) is 0 Å².